The number of methoxy groups -OCH3 is 1. The van der Waals surface area contributed by atoms with Crippen LogP contribution in [0.15, 0.2) is 24.3 Å². The van der Waals surface area contributed by atoms with Crippen LogP contribution in [0.25, 0.3) is 0 Å². The molecule has 1 aromatic carbocycles. The van der Waals surface area contributed by atoms with Crippen molar-refractivity contribution < 1.29 is 14.6 Å². The molecule has 0 aliphatic rings. The van der Waals surface area contributed by atoms with Crippen molar-refractivity contribution in [2.75, 3.05) is 33.5 Å². The van der Waals surface area contributed by atoms with Crippen LogP contribution in [0.2, 0.25) is 0 Å². The quantitative estimate of drug-likeness (QED) is 0.662. The van der Waals surface area contributed by atoms with E-state index in [1.54, 1.807) is 19.2 Å². The Hall–Kier alpha value is -1.10. The maximum absolute atomic E-state index is 9.26. The third-order valence-electron chi connectivity index (χ3n) is 2.77. The highest BCUT2D eigenvalue weighted by Crippen LogP contribution is 2.19. The number of nitrogens with one attached hydrogen (secondary N) is 1. The number of rotatable bonds is 9. The fourth-order valence-corrected chi connectivity index (χ4v) is 1.75. The summed E-state index contributed by atoms with van der Waals surface area (Å²) in [6.45, 7) is 4.89. The van der Waals surface area contributed by atoms with Crippen molar-refractivity contribution in [2.45, 2.75) is 19.4 Å². The molecule has 1 aromatic rings. The van der Waals surface area contributed by atoms with E-state index in [0.29, 0.717) is 31.6 Å². The summed E-state index contributed by atoms with van der Waals surface area (Å²) in [4.78, 5) is 0. The zero-order valence-electron chi connectivity index (χ0n) is 11.2. The first-order valence-electron chi connectivity index (χ1n) is 6.37. The van der Waals surface area contributed by atoms with Crippen LogP contribution in [0.4, 0.5) is 0 Å². The third-order valence-corrected chi connectivity index (χ3v) is 2.77. The lowest BCUT2D eigenvalue weighted by atomic mass is 10.0. The molecular weight excluding hydrogens is 230 g/mol. The van der Waals surface area contributed by atoms with E-state index >= 15 is 0 Å². The van der Waals surface area contributed by atoms with Crippen LogP contribution in [0.1, 0.15) is 24.9 Å². The molecule has 4 heteroatoms. The van der Waals surface area contributed by atoms with E-state index in [2.05, 4.69) is 12.2 Å². The van der Waals surface area contributed by atoms with Crippen LogP contribution in [0.5, 0.6) is 5.75 Å². The Balaban J connectivity index is 2.27. The maximum Gasteiger partial charge on any atom is 0.115 e. The topological polar surface area (TPSA) is 50.7 Å². The number of phenolic OH excluding ortho intramolecular Hbond substituents is 1. The fourth-order valence-electron chi connectivity index (χ4n) is 1.75. The molecule has 2 N–H and O–H groups in total. The van der Waals surface area contributed by atoms with Gasteiger partial charge >= 0.3 is 0 Å². The highest BCUT2D eigenvalue weighted by Gasteiger charge is 2.07. The number of aromatic hydroxyl groups is 1. The van der Waals surface area contributed by atoms with E-state index < -0.39 is 0 Å². The standard InChI is InChI=1S/C14H23NO3/c1-3-14(12-4-6-13(16)7-5-12)15-8-9-18-11-10-17-2/h4-7,14-16H,3,8-11H2,1-2H3. The van der Waals surface area contributed by atoms with Crippen molar-refractivity contribution in [3.05, 3.63) is 29.8 Å². The number of ether oxygens (including phenoxy) is 2. The number of hydrogen-bond donors (Lipinski definition) is 2. The maximum atomic E-state index is 9.26. The molecule has 0 aliphatic carbocycles. The van der Waals surface area contributed by atoms with Crippen LogP contribution in [0, 0.1) is 0 Å². The minimum Gasteiger partial charge on any atom is -0.508 e. The summed E-state index contributed by atoms with van der Waals surface area (Å²) in [7, 11) is 1.67. The molecule has 0 amide bonds. The van der Waals surface area contributed by atoms with Gasteiger partial charge in [0.1, 0.15) is 5.75 Å². The van der Waals surface area contributed by atoms with Gasteiger partial charge in [-0.1, -0.05) is 19.1 Å². The SMILES string of the molecule is CCC(NCCOCCOC)c1ccc(O)cc1. The minimum atomic E-state index is 0.302. The average molecular weight is 253 g/mol. The highest BCUT2D eigenvalue weighted by atomic mass is 16.5. The molecule has 18 heavy (non-hydrogen) atoms. The Labute approximate surface area is 109 Å². The van der Waals surface area contributed by atoms with Gasteiger partial charge in [-0.3, -0.25) is 0 Å². The fraction of sp³-hybridized carbons (Fsp3) is 0.571. The number of hydrogen-bond acceptors (Lipinski definition) is 4. The second-order valence-electron chi connectivity index (χ2n) is 4.11. The lowest BCUT2D eigenvalue weighted by molar-refractivity contribution is 0.0710. The van der Waals surface area contributed by atoms with Crippen LogP contribution < -0.4 is 5.32 Å². The summed E-state index contributed by atoms with van der Waals surface area (Å²) in [5.41, 5.74) is 1.19. The molecule has 0 heterocycles. The van der Waals surface area contributed by atoms with Crippen molar-refractivity contribution >= 4 is 0 Å². The molecule has 0 bridgehead atoms. The van der Waals surface area contributed by atoms with Crippen molar-refractivity contribution in [2.24, 2.45) is 0 Å². The Morgan fingerprint density at radius 2 is 1.89 bits per heavy atom. The predicted molar refractivity (Wildman–Crippen MR) is 71.8 cm³/mol. The van der Waals surface area contributed by atoms with Gasteiger partial charge in [-0.15, -0.1) is 0 Å². The van der Waals surface area contributed by atoms with E-state index in [0.717, 1.165) is 13.0 Å². The van der Waals surface area contributed by atoms with Gasteiger partial charge in [-0.25, -0.2) is 0 Å². The van der Waals surface area contributed by atoms with Crippen molar-refractivity contribution in [1.29, 1.82) is 0 Å². The van der Waals surface area contributed by atoms with Crippen LogP contribution in [-0.2, 0) is 9.47 Å². The molecule has 0 radical (unpaired) electrons. The van der Waals surface area contributed by atoms with Gasteiger partial charge in [0.25, 0.3) is 0 Å². The lowest BCUT2D eigenvalue weighted by Gasteiger charge is -2.17. The van der Waals surface area contributed by atoms with Gasteiger partial charge in [0.05, 0.1) is 19.8 Å². The van der Waals surface area contributed by atoms with Gasteiger partial charge < -0.3 is 19.9 Å². The van der Waals surface area contributed by atoms with E-state index in [1.807, 2.05) is 12.1 Å². The molecular formula is C14H23NO3. The second kappa shape index (κ2) is 8.91. The number of benzene rings is 1. The Morgan fingerprint density at radius 1 is 1.17 bits per heavy atom. The normalized spacial score (nSPS) is 12.6. The van der Waals surface area contributed by atoms with Gasteiger partial charge in [0.15, 0.2) is 0 Å². The molecule has 102 valence electrons. The zero-order chi connectivity index (χ0) is 13.2. The van der Waals surface area contributed by atoms with E-state index in [1.165, 1.54) is 5.56 Å². The van der Waals surface area contributed by atoms with Gasteiger partial charge in [-0.05, 0) is 24.1 Å². The highest BCUT2D eigenvalue weighted by molar-refractivity contribution is 5.27. The predicted octanol–water partition coefficient (Wildman–Crippen LogP) is 2.10. The Morgan fingerprint density at radius 3 is 2.50 bits per heavy atom. The van der Waals surface area contributed by atoms with Crippen LogP contribution >= 0.6 is 0 Å². The summed E-state index contributed by atoms with van der Waals surface area (Å²) >= 11 is 0. The van der Waals surface area contributed by atoms with E-state index in [9.17, 15) is 5.11 Å². The second-order valence-corrected chi connectivity index (χ2v) is 4.11. The summed E-state index contributed by atoms with van der Waals surface area (Å²) in [5.74, 6) is 0.302. The molecule has 0 aromatic heterocycles. The summed E-state index contributed by atoms with van der Waals surface area (Å²) in [6, 6.07) is 7.63. The lowest BCUT2D eigenvalue weighted by Crippen LogP contribution is -2.25. The molecule has 4 nitrogen and oxygen atoms in total. The molecule has 1 unspecified atom stereocenters. The first kappa shape index (κ1) is 15.0. The summed E-state index contributed by atoms with van der Waals surface area (Å²) in [5, 5.41) is 12.7. The van der Waals surface area contributed by atoms with Crippen molar-refractivity contribution in [3.63, 3.8) is 0 Å². The molecule has 0 aliphatic heterocycles. The van der Waals surface area contributed by atoms with Crippen LogP contribution in [-0.4, -0.2) is 38.6 Å². The zero-order valence-corrected chi connectivity index (χ0v) is 11.2. The first-order valence-corrected chi connectivity index (χ1v) is 6.37. The molecule has 0 saturated carbocycles. The molecule has 1 rings (SSSR count). The van der Waals surface area contributed by atoms with Gasteiger partial charge in [0, 0.05) is 19.7 Å². The van der Waals surface area contributed by atoms with E-state index in [-0.39, 0.29) is 0 Å². The summed E-state index contributed by atoms with van der Waals surface area (Å²) in [6.07, 6.45) is 1.00. The molecule has 0 spiro atoms. The Kier molecular flexibility index (Phi) is 7.41. The number of phenols is 1. The average Bonchev–Trinajstić information content (AvgIpc) is 2.39. The summed E-state index contributed by atoms with van der Waals surface area (Å²) < 4.78 is 10.3. The first-order chi connectivity index (χ1) is 8.77. The van der Waals surface area contributed by atoms with Crippen LogP contribution in [0.3, 0.4) is 0 Å². The smallest absolute Gasteiger partial charge is 0.115 e. The Bertz CT molecular complexity index is 313. The largest absolute Gasteiger partial charge is 0.508 e. The third kappa shape index (κ3) is 5.49. The van der Waals surface area contributed by atoms with Gasteiger partial charge in [0.2, 0.25) is 0 Å². The molecule has 0 fully saturated rings. The van der Waals surface area contributed by atoms with Gasteiger partial charge in [-0.2, -0.15) is 0 Å². The van der Waals surface area contributed by atoms with E-state index in [4.69, 9.17) is 9.47 Å². The molecule has 1 atom stereocenters. The van der Waals surface area contributed by atoms with Crippen molar-refractivity contribution in [1.82, 2.24) is 5.32 Å². The molecule has 0 saturated heterocycles. The van der Waals surface area contributed by atoms with Crippen molar-refractivity contribution in [3.8, 4) is 5.75 Å². The monoisotopic (exact) mass is 253 g/mol. The minimum absolute atomic E-state index is 0.302.